The Morgan fingerprint density at radius 2 is 1.07 bits per heavy atom. The zero-order chi connectivity index (χ0) is 29.6. The van der Waals surface area contributed by atoms with Gasteiger partial charge < -0.3 is 4.74 Å². The molecular weight excluding hydrogens is 522 g/mol. The lowest BCUT2D eigenvalue weighted by Crippen LogP contribution is -2.43. The van der Waals surface area contributed by atoms with Gasteiger partial charge in [-0.2, -0.15) is 0 Å². The summed E-state index contributed by atoms with van der Waals surface area (Å²) in [6, 6.07) is 26.4. The maximum atomic E-state index is 15.8. The topological polar surface area (TPSA) is 9.23 Å². The van der Waals surface area contributed by atoms with Gasteiger partial charge in [0.2, 0.25) is 0 Å². The Morgan fingerprint density at radius 3 is 1.60 bits per heavy atom. The molecule has 1 nitrogen and oxygen atoms in total. The molecule has 1 aliphatic rings. The SMILES string of the molecule is CCCCCCCCCCCCC1(OCCC)C=CC(c2ccc(-c3ccc(-c4ccccc4)cc3)cc2)=C(F)C1F. The standard InChI is InChI=1S/C39H48F2O/c1-3-5-6-7-8-9-10-11-12-16-28-39(42-30-4-2)29-27-36(37(40)38(39)41)35-25-23-34(24-26-35)33-21-19-32(20-22-33)31-17-14-13-15-18-31/h13-15,17-27,29,38H,3-12,16,28,30H2,1-2H3. The molecule has 0 saturated heterocycles. The van der Waals surface area contributed by atoms with Gasteiger partial charge >= 0.3 is 0 Å². The molecule has 0 aliphatic heterocycles. The fraction of sp³-hybridized carbons (Fsp3) is 0.436. The number of allylic oxidation sites excluding steroid dienone is 2. The van der Waals surface area contributed by atoms with E-state index in [1.807, 2.05) is 49.4 Å². The van der Waals surface area contributed by atoms with Crippen LogP contribution in [0.5, 0.6) is 0 Å². The molecule has 0 radical (unpaired) electrons. The zero-order valence-electron chi connectivity index (χ0n) is 25.6. The quantitative estimate of drug-likeness (QED) is 0.147. The highest BCUT2D eigenvalue weighted by molar-refractivity contribution is 5.80. The highest BCUT2D eigenvalue weighted by atomic mass is 19.2. The highest BCUT2D eigenvalue weighted by Gasteiger charge is 2.44. The summed E-state index contributed by atoms with van der Waals surface area (Å²) in [4.78, 5) is 0. The molecule has 0 aromatic heterocycles. The number of halogens is 2. The van der Waals surface area contributed by atoms with Crippen LogP contribution in [0.3, 0.4) is 0 Å². The second-order valence-corrected chi connectivity index (χ2v) is 11.7. The third-order valence-electron chi connectivity index (χ3n) is 8.46. The summed E-state index contributed by atoms with van der Waals surface area (Å²) in [7, 11) is 0. The third kappa shape index (κ3) is 8.51. The molecule has 224 valence electrons. The Labute approximate surface area is 252 Å². The number of rotatable bonds is 17. The van der Waals surface area contributed by atoms with E-state index in [1.165, 1.54) is 50.5 Å². The summed E-state index contributed by atoms with van der Waals surface area (Å²) in [5.74, 6) is -0.722. The van der Waals surface area contributed by atoms with Crippen molar-refractivity contribution >= 4 is 5.57 Å². The van der Waals surface area contributed by atoms with Gasteiger partial charge in [0.05, 0.1) is 0 Å². The first-order chi connectivity index (χ1) is 20.6. The number of hydrogen-bond donors (Lipinski definition) is 0. The molecule has 0 spiro atoms. The molecule has 0 saturated carbocycles. The van der Waals surface area contributed by atoms with Crippen LogP contribution >= 0.6 is 0 Å². The number of hydrogen-bond acceptors (Lipinski definition) is 1. The van der Waals surface area contributed by atoms with Crippen LogP contribution in [-0.2, 0) is 4.74 Å². The zero-order valence-corrected chi connectivity index (χ0v) is 25.6. The first-order valence-corrected chi connectivity index (χ1v) is 16.2. The van der Waals surface area contributed by atoms with Crippen LogP contribution in [0.2, 0.25) is 0 Å². The van der Waals surface area contributed by atoms with Crippen molar-refractivity contribution in [2.45, 2.75) is 103 Å². The van der Waals surface area contributed by atoms with Crippen LogP contribution in [0.1, 0.15) is 96.5 Å². The van der Waals surface area contributed by atoms with E-state index < -0.39 is 17.6 Å². The number of alkyl halides is 1. The molecule has 4 rings (SSSR count). The Kier molecular flexibility index (Phi) is 12.6. The van der Waals surface area contributed by atoms with E-state index in [9.17, 15) is 0 Å². The van der Waals surface area contributed by atoms with Crippen LogP contribution in [0.15, 0.2) is 96.8 Å². The molecule has 0 amide bonds. The fourth-order valence-electron chi connectivity index (χ4n) is 5.89. The van der Waals surface area contributed by atoms with Crippen LogP contribution in [0, 0.1) is 0 Å². The summed E-state index contributed by atoms with van der Waals surface area (Å²) in [6.07, 6.45) is 15.1. The Bertz CT molecular complexity index is 1260. The molecule has 2 atom stereocenters. The molecule has 3 aromatic rings. The van der Waals surface area contributed by atoms with Crippen molar-refractivity contribution < 1.29 is 13.5 Å². The van der Waals surface area contributed by atoms with Gasteiger partial charge in [-0.15, -0.1) is 0 Å². The van der Waals surface area contributed by atoms with E-state index in [0.29, 0.717) is 24.2 Å². The van der Waals surface area contributed by atoms with Crippen molar-refractivity contribution in [3.63, 3.8) is 0 Å². The molecule has 2 unspecified atom stereocenters. The lowest BCUT2D eigenvalue weighted by atomic mass is 9.82. The molecule has 3 aromatic carbocycles. The van der Waals surface area contributed by atoms with Gasteiger partial charge in [-0.3, -0.25) is 0 Å². The second-order valence-electron chi connectivity index (χ2n) is 11.7. The maximum Gasteiger partial charge on any atom is 0.184 e. The lowest BCUT2D eigenvalue weighted by Gasteiger charge is -2.36. The average molecular weight is 571 g/mol. The lowest BCUT2D eigenvalue weighted by molar-refractivity contribution is -0.0637. The molecular formula is C39H48F2O. The molecule has 0 N–H and O–H groups in total. The first kappa shape index (κ1) is 31.9. The van der Waals surface area contributed by atoms with Crippen molar-refractivity contribution in [2.75, 3.05) is 6.61 Å². The third-order valence-corrected chi connectivity index (χ3v) is 8.46. The number of ether oxygens (including phenoxy) is 1. The fourth-order valence-corrected chi connectivity index (χ4v) is 5.89. The normalized spacial score (nSPS) is 18.5. The highest BCUT2D eigenvalue weighted by Crippen LogP contribution is 2.41. The van der Waals surface area contributed by atoms with Crippen LogP contribution in [0.4, 0.5) is 8.78 Å². The Balaban J connectivity index is 1.36. The van der Waals surface area contributed by atoms with Gasteiger partial charge in [0, 0.05) is 12.2 Å². The van der Waals surface area contributed by atoms with Crippen molar-refractivity contribution in [2.24, 2.45) is 0 Å². The van der Waals surface area contributed by atoms with Crippen molar-refractivity contribution in [1.29, 1.82) is 0 Å². The van der Waals surface area contributed by atoms with E-state index >= 15 is 8.78 Å². The summed E-state index contributed by atoms with van der Waals surface area (Å²) in [5, 5.41) is 0. The van der Waals surface area contributed by atoms with E-state index in [0.717, 1.165) is 42.4 Å². The molecule has 0 bridgehead atoms. The van der Waals surface area contributed by atoms with E-state index in [2.05, 4.69) is 43.3 Å². The van der Waals surface area contributed by atoms with E-state index in [4.69, 9.17) is 4.74 Å². The number of unbranched alkanes of at least 4 members (excludes halogenated alkanes) is 9. The van der Waals surface area contributed by atoms with Gasteiger partial charge in [-0.1, -0.05) is 163 Å². The monoisotopic (exact) mass is 570 g/mol. The Hall–Kier alpha value is -3.04. The molecule has 0 fully saturated rings. The van der Waals surface area contributed by atoms with Crippen LogP contribution < -0.4 is 0 Å². The van der Waals surface area contributed by atoms with Crippen LogP contribution in [0.25, 0.3) is 27.8 Å². The van der Waals surface area contributed by atoms with Gasteiger partial charge in [0.15, 0.2) is 6.17 Å². The predicted octanol–water partition coefficient (Wildman–Crippen LogP) is 12.1. The minimum absolute atomic E-state index is 0.312. The van der Waals surface area contributed by atoms with Gasteiger partial charge in [-0.25, -0.2) is 8.78 Å². The van der Waals surface area contributed by atoms with Crippen molar-refractivity contribution in [3.8, 4) is 22.3 Å². The maximum absolute atomic E-state index is 15.8. The molecule has 0 heterocycles. The summed E-state index contributed by atoms with van der Waals surface area (Å²) in [5.41, 5.74) is 4.24. The molecule has 42 heavy (non-hydrogen) atoms. The van der Waals surface area contributed by atoms with Crippen molar-refractivity contribution in [1.82, 2.24) is 0 Å². The average Bonchev–Trinajstić information content (AvgIpc) is 3.04. The molecule has 3 heteroatoms. The number of benzene rings is 3. The second kappa shape index (κ2) is 16.6. The van der Waals surface area contributed by atoms with Gasteiger partial charge in [0.1, 0.15) is 11.4 Å². The minimum Gasteiger partial charge on any atom is -0.367 e. The minimum atomic E-state index is -1.80. The van der Waals surface area contributed by atoms with Crippen molar-refractivity contribution in [3.05, 3.63) is 102 Å². The smallest absolute Gasteiger partial charge is 0.184 e. The predicted molar refractivity (Wildman–Crippen MR) is 175 cm³/mol. The van der Waals surface area contributed by atoms with Crippen LogP contribution in [-0.4, -0.2) is 18.4 Å². The summed E-state index contributed by atoms with van der Waals surface area (Å²) < 4.78 is 37.6. The summed E-state index contributed by atoms with van der Waals surface area (Å²) in [6.45, 7) is 4.67. The summed E-state index contributed by atoms with van der Waals surface area (Å²) >= 11 is 0. The van der Waals surface area contributed by atoms with Gasteiger partial charge in [-0.05, 0) is 46.7 Å². The van der Waals surface area contributed by atoms with Gasteiger partial charge in [0.25, 0.3) is 0 Å². The Morgan fingerprint density at radius 1 is 0.595 bits per heavy atom. The van der Waals surface area contributed by atoms with E-state index in [1.54, 1.807) is 12.2 Å². The first-order valence-electron chi connectivity index (χ1n) is 16.2. The largest absolute Gasteiger partial charge is 0.367 e. The van der Waals surface area contributed by atoms with E-state index in [-0.39, 0.29) is 0 Å². The molecule has 1 aliphatic carbocycles.